The Hall–Kier alpha value is -2.17. The first-order valence-electron chi connectivity index (χ1n) is 5.03. The molecule has 0 saturated heterocycles. The van der Waals surface area contributed by atoms with Gasteiger partial charge in [0.25, 0.3) is 0 Å². The fourth-order valence-electron chi connectivity index (χ4n) is 1.75. The van der Waals surface area contributed by atoms with Gasteiger partial charge in [0.15, 0.2) is 6.20 Å². The lowest BCUT2D eigenvalue weighted by atomic mass is 10.1. The summed E-state index contributed by atoms with van der Waals surface area (Å²) in [7, 11) is 4.58. The predicted molar refractivity (Wildman–Crippen MR) is 62.6 cm³/mol. The van der Waals surface area contributed by atoms with Crippen molar-refractivity contribution in [3.05, 3.63) is 29.6 Å². The molecule has 0 N–H and O–H groups in total. The highest BCUT2D eigenvalue weighted by molar-refractivity contribution is 5.92. The number of rotatable bonds is 3. The van der Waals surface area contributed by atoms with E-state index in [0.717, 1.165) is 5.39 Å². The summed E-state index contributed by atoms with van der Waals surface area (Å²) in [5.74, 6) is 1.50. The van der Waals surface area contributed by atoms with Crippen molar-refractivity contribution in [2.75, 3.05) is 21.3 Å². The zero-order valence-corrected chi connectivity index (χ0v) is 9.89. The number of ether oxygens (including phenoxy) is 3. The lowest BCUT2D eigenvalue weighted by Crippen LogP contribution is -2.27. The molecule has 0 unspecified atom stereocenters. The molecule has 0 aliphatic heterocycles. The van der Waals surface area contributed by atoms with Crippen LogP contribution in [0.3, 0.4) is 0 Å². The number of hydrogen-bond donors (Lipinski definition) is 0. The van der Waals surface area contributed by atoms with E-state index in [-0.39, 0.29) is 5.88 Å². The summed E-state index contributed by atoms with van der Waals surface area (Å²) in [5.41, 5.74) is 0. The van der Waals surface area contributed by atoms with Gasteiger partial charge in [-0.1, -0.05) is 0 Å². The Morgan fingerprint density at radius 2 is 1.53 bits per heavy atom. The molecule has 0 radical (unpaired) electrons. The Morgan fingerprint density at radius 3 is 2.06 bits per heavy atom. The van der Waals surface area contributed by atoms with Crippen molar-refractivity contribution >= 4 is 10.8 Å². The maximum Gasteiger partial charge on any atom is 0.379 e. The van der Waals surface area contributed by atoms with Crippen LogP contribution in [0.2, 0.25) is 0 Å². The molecule has 0 saturated carbocycles. The van der Waals surface area contributed by atoms with E-state index in [1.54, 1.807) is 32.4 Å². The van der Waals surface area contributed by atoms with Crippen molar-refractivity contribution < 1.29 is 18.9 Å². The summed E-state index contributed by atoms with van der Waals surface area (Å²) >= 11 is 0. The van der Waals surface area contributed by atoms with Crippen LogP contribution in [-0.2, 0) is 0 Å². The number of benzene rings is 1. The van der Waals surface area contributed by atoms with E-state index in [4.69, 9.17) is 14.2 Å². The third-order valence-electron chi connectivity index (χ3n) is 2.59. The summed E-state index contributed by atoms with van der Waals surface area (Å²) in [6, 6.07) is 5.17. The average Bonchev–Trinajstić information content (AvgIpc) is 2.36. The normalized spacial score (nSPS) is 10.3. The highest BCUT2D eigenvalue weighted by Gasteiger charge is 2.14. The summed E-state index contributed by atoms with van der Waals surface area (Å²) in [6.45, 7) is 0. The van der Waals surface area contributed by atoms with Crippen LogP contribution in [0, 0.1) is 5.21 Å². The number of hydrogen-bond acceptors (Lipinski definition) is 4. The largest absolute Gasteiger partial charge is 0.616 e. The molecule has 5 heteroatoms. The van der Waals surface area contributed by atoms with Crippen LogP contribution >= 0.6 is 0 Å². The van der Waals surface area contributed by atoms with Crippen LogP contribution < -0.4 is 18.9 Å². The standard InChI is InChI=1S/C12H13NO4/c1-15-10-4-5-11(16-2)9-7-13(14)12(17-3)6-8(9)10/h4-7H,1-3H3. The van der Waals surface area contributed by atoms with Crippen LogP contribution in [0.15, 0.2) is 24.4 Å². The minimum Gasteiger partial charge on any atom is -0.616 e. The molecule has 17 heavy (non-hydrogen) atoms. The van der Waals surface area contributed by atoms with Crippen LogP contribution in [0.4, 0.5) is 0 Å². The number of fused-ring (bicyclic) bond motifs is 1. The Bertz CT molecular complexity index is 554. The van der Waals surface area contributed by atoms with Gasteiger partial charge in [0.05, 0.1) is 32.8 Å². The predicted octanol–water partition coefficient (Wildman–Crippen LogP) is 1.50. The van der Waals surface area contributed by atoms with E-state index in [1.807, 2.05) is 0 Å². The SMILES string of the molecule is COc1ccc(OC)c2c[n+]([O-])c(OC)cc12. The molecule has 5 nitrogen and oxygen atoms in total. The van der Waals surface area contributed by atoms with Gasteiger partial charge in [-0.2, -0.15) is 0 Å². The smallest absolute Gasteiger partial charge is 0.379 e. The second kappa shape index (κ2) is 4.37. The molecule has 1 aromatic heterocycles. The first-order valence-corrected chi connectivity index (χ1v) is 5.03. The van der Waals surface area contributed by atoms with Crippen molar-refractivity contribution in [1.29, 1.82) is 0 Å². The maximum absolute atomic E-state index is 11.6. The Balaban J connectivity index is 2.81. The Morgan fingerprint density at radius 1 is 0.941 bits per heavy atom. The molecule has 0 bridgehead atoms. The van der Waals surface area contributed by atoms with Gasteiger partial charge in [0, 0.05) is 5.39 Å². The highest BCUT2D eigenvalue weighted by Crippen LogP contribution is 2.33. The zero-order valence-electron chi connectivity index (χ0n) is 9.89. The fraction of sp³-hybridized carbons (Fsp3) is 0.250. The van der Waals surface area contributed by atoms with Gasteiger partial charge >= 0.3 is 5.88 Å². The molecular formula is C12H13NO4. The topological polar surface area (TPSA) is 54.6 Å². The molecule has 1 heterocycles. The van der Waals surface area contributed by atoms with E-state index in [0.29, 0.717) is 21.6 Å². The summed E-state index contributed by atoms with van der Waals surface area (Å²) in [4.78, 5) is 0. The first-order chi connectivity index (χ1) is 8.21. The quantitative estimate of drug-likeness (QED) is 0.597. The lowest BCUT2D eigenvalue weighted by Gasteiger charge is -2.10. The van der Waals surface area contributed by atoms with Crippen molar-refractivity contribution in [2.24, 2.45) is 0 Å². The Kier molecular flexibility index (Phi) is 2.91. The van der Waals surface area contributed by atoms with E-state index < -0.39 is 0 Å². The third-order valence-corrected chi connectivity index (χ3v) is 2.59. The summed E-state index contributed by atoms with van der Waals surface area (Å²) in [6.07, 6.45) is 1.41. The highest BCUT2D eigenvalue weighted by atomic mass is 16.5. The summed E-state index contributed by atoms with van der Waals surface area (Å²) in [5, 5.41) is 13.1. The minimum atomic E-state index is 0.212. The average molecular weight is 235 g/mol. The molecule has 0 fully saturated rings. The van der Waals surface area contributed by atoms with Crippen LogP contribution in [-0.4, -0.2) is 21.3 Å². The molecule has 2 rings (SSSR count). The van der Waals surface area contributed by atoms with Gasteiger partial charge in [-0.15, -0.1) is 4.73 Å². The van der Waals surface area contributed by atoms with Crippen molar-refractivity contribution in [3.63, 3.8) is 0 Å². The number of aromatic nitrogens is 1. The number of methoxy groups -OCH3 is 3. The minimum absolute atomic E-state index is 0.212. The van der Waals surface area contributed by atoms with Crippen LogP contribution in [0.5, 0.6) is 17.4 Å². The second-order valence-electron chi connectivity index (χ2n) is 3.44. The number of nitrogens with zero attached hydrogens (tertiary/aromatic N) is 1. The van der Waals surface area contributed by atoms with Gasteiger partial charge in [-0.25, -0.2) is 0 Å². The van der Waals surface area contributed by atoms with E-state index in [2.05, 4.69) is 0 Å². The van der Waals surface area contributed by atoms with Gasteiger partial charge in [-0.3, -0.25) is 0 Å². The summed E-state index contributed by atoms with van der Waals surface area (Å²) < 4.78 is 16.1. The maximum atomic E-state index is 11.6. The van der Waals surface area contributed by atoms with Gasteiger partial charge in [0.2, 0.25) is 0 Å². The number of pyridine rings is 1. The molecule has 1 aromatic carbocycles. The Labute approximate surface area is 98.7 Å². The molecule has 0 atom stereocenters. The lowest BCUT2D eigenvalue weighted by molar-refractivity contribution is -0.610. The zero-order chi connectivity index (χ0) is 12.4. The molecule has 0 spiro atoms. The van der Waals surface area contributed by atoms with Crippen LogP contribution in [0.25, 0.3) is 10.8 Å². The van der Waals surface area contributed by atoms with Gasteiger partial charge in [-0.05, 0) is 12.1 Å². The molecule has 0 amide bonds. The van der Waals surface area contributed by atoms with Gasteiger partial charge in [0.1, 0.15) is 11.5 Å². The molecule has 0 aliphatic carbocycles. The fourth-order valence-corrected chi connectivity index (χ4v) is 1.75. The first kappa shape index (κ1) is 11.3. The molecule has 0 aliphatic rings. The van der Waals surface area contributed by atoms with E-state index >= 15 is 0 Å². The van der Waals surface area contributed by atoms with Crippen molar-refractivity contribution in [2.45, 2.75) is 0 Å². The third kappa shape index (κ3) is 1.80. The van der Waals surface area contributed by atoms with E-state index in [9.17, 15) is 5.21 Å². The van der Waals surface area contributed by atoms with Crippen molar-refractivity contribution in [3.8, 4) is 17.4 Å². The van der Waals surface area contributed by atoms with Crippen LogP contribution in [0.1, 0.15) is 0 Å². The van der Waals surface area contributed by atoms with E-state index in [1.165, 1.54) is 13.3 Å². The van der Waals surface area contributed by atoms with Crippen molar-refractivity contribution in [1.82, 2.24) is 0 Å². The molecule has 90 valence electrons. The monoisotopic (exact) mass is 235 g/mol. The second-order valence-corrected chi connectivity index (χ2v) is 3.44. The molecule has 2 aromatic rings. The van der Waals surface area contributed by atoms with Gasteiger partial charge < -0.3 is 19.4 Å². The molecular weight excluding hydrogens is 222 g/mol.